The van der Waals surface area contributed by atoms with Crippen LogP contribution in [0.25, 0.3) is 0 Å². The van der Waals surface area contributed by atoms with Gasteiger partial charge in [-0.05, 0) is 24.3 Å². The average Bonchev–Trinajstić information content (AvgIpc) is 3.45. The van der Waals surface area contributed by atoms with E-state index in [1.54, 1.807) is 0 Å². The van der Waals surface area contributed by atoms with Crippen molar-refractivity contribution in [2.45, 2.75) is 42.2 Å². The summed E-state index contributed by atoms with van der Waals surface area (Å²) in [5, 5.41) is 20.5. The van der Waals surface area contributed by atoms with E-state index < -0.39 is 52.8 Å². The Morgan fingerprint density at radius 1 is 1.20 bits per heavy atom. The summed E-state index contributed by atoms with van der Waals surface area (Å²) < 4.78 is 44.4. The van der Waals surface area contributed by atoms with E-state index in [2.05, 4.69) is 22.7 Å². The molecule has 2 heterocycles. The highest BCUT2D eigenvalue weighted by Gasteiger charge is 2.48. The summed E-state index contributed by atoms with van der Waals surface area (Å²) in [5.74, 6) is -1.49. The Balaban J connectivity index is 1.68. The zero-order chi connectivity index (χ0) is 21.9. The number of hydrogen-bond acceptors (Lipinski definition) is 9. The Morgan fingerprint density at radius 3 is 2.53 bits per heavy atom. The third-order valence-corrected chi connectivity index (χ3v) is 6.28. The van der Waals surface area contributed by atoms with Crippen molar-refractivity contribution in [3.05, 3.63) is 18.2 Å². The first kappa shape index (κ1) is 22.6. The molecule has 1 aromatic rings. The van der Waals surface area contributed by atoms with Crippen molar-refractivity contribution in [2.75, 3.05) is 19.0 Å². The van der Waals surface area contributed by atoms with Crippen molar-refractivity contribution >= 4 is 34.6 Å². The van der Waals surface area contributed by atoms with Crippen molar-refractivity contribution in [3.8, 4) is 11.5 Å². The Hall–Kier alpha value is -2.06. The van der Waals surface area contributed by atoms with Gasteiger partial charge >= 0.3 is 11.9 Å². The van der Waals surface area contributed by atoms with Crippen LogP contribution in [0.4, 0.5) is 0 Å². The molecule has 1 fully saturated rings. The van der Waals surface area contributed by atoms with Crippen molar-refractivity contribution in [1.82, 2.24) is 10.0 Å². The van der Waals surface area contributed by atoms with Gasteiger partial charge in [-0.15, -0.1) is 0 Å². The minimum absolute atomic E-state index is 0.0182. The first-order valence-electron chi connectivity index (χ1n) is 9.10. The maximum atomic E-state index is 12.8. The van der Waals surface area contributed by atoms with Crippen LogP contribution in [-0.4, -0.2) is 74.0 Å². The summed E-state index contributed by atoms with van der Waals surface area (Å²) in [6.07, 6.45) is -1.79. The Morgan fingerprint density at radius 2 is 1.90 bits per heavy atom. The Bertz CT molecular complexity index is 908. The lowest BCUT2D eigenvalue weighted by atomic mass is 10.1. The molecule has 0 aliphatic carbocycles. The predicted octanol–water partition coefficient (Wildman–Crippen LogP) is -0.333. The molecule has 4 atom stereocenters. The van der Waals surface area contributed by atoms with Crippen LogP contribution in [0.2, 0.25) is 0 Å². The highest BCUT2D eigenvalue weighted by Crippen LogP contribution is 2.33. The third-order valence-electron chi connectivity index (χ3n) is 4.53. The smallest absolute Gasteiger partial charge is 0.321 e. The lowest BCUT2D eigenvalue weighted by Crippen LogP contribution is -2.45. The number of ether oxygens (including phenoxy) is 3. The predicted molar refractivity (Wildman–Crippen MR) is 105 cm³/mol. The van der Waals surface area contributed by atoms with Gasteiger partial charge in [0.2, 0.25) is 10.0 Å². The molecule has 2 aliphatic rings. The normalized spacial score (nSPS) is 22.2. The van der Waals surface area contributed by atoms with E-state index in [1.165, 1.54) is 18.2 Å². The first-order valence-corrected chi connectivity index (χ1v) is 11.2. The number of hydrogen-bond donors (Lipinski definition) is 5. The summed E-state index contributed by atoms with van der Waals surface area (Å²) in [6, 6.07) is 2.22. The maximum absolute atomic E-state index is 12.8. The zero-order valence-corrected chi connectivity index (χ0v) is 17.4. The molecular formula is C17H22N2O9S2. The van der Waals surface area contributed by atoms with Gasteiger partial charge < -0.3 is 24.4 Å². The fourth-order valence-electron chi connectivity index (χ4n) is 3.04. The summed E-state index contributed by atoms with van der Waals surface area (Å²) >= 11 is 4.14. The standard InChI is InChI=1S/C17H22N2O9S2/c20-14(21)8-11(17(22)23)18-16-15(28-16)10(3-6-29)19-30(24,25)9-1-2-12-13(7-9)27-5-4-26-12/h1-2,7,10-11,15-16,18-19,29H,3-6,8H2,(H,20,21)(H,22,23). The number of benzene rings is 1. The molecule has 2 aliphatic heterocycles. The molecule has 30 heavy (non-hydrogen) atoms. The van der Waals surface area contributed by atoms with Crippen molar-refractivity contribution in [2.24, 2.45) is 0 Å². The molecule has 0 saturated carbocycles. The van der Waals surface area contributed by atoms with Crippen LogP contribution in [-0.2, 0) is 24.3 Å². The first-order chi connectivity index (χ1) is 14.2. The minimum Gasteiger partial charge on any atom is -0.486 e. The van der Waals surface area contributed by atoms with Crippen LogP contribution in [0.1, 0.15) is 12.8 Å². The lowest BCUT2D eigenvalue weighted by molar-refractivity contribution is -0.146. The van der Waals surface area contributed by atoms with Gasteiger partial charge in [-0.25, -0.2) is 13.1 Å². The van der Waals surface area contributed by atoms with Gasteiger partial charge in [0.1, 0.15) is 31.6 Å². The highest BCUT2D eigenvalue weighted by molar-refractivity contribution is 7.89. The summed E-state index contributed by atoms with van der Waals surface area (Å²) in [4.78, 5) is 22.0. The van der Waals surface area contributed by atoms with Gasteiger partial charge in [0.05, 0.1) is 17.4 Å². The Labute approximate surface area is 178 Å². The third kappa shape index (κ3) is 5.55. The van der Waals surface area contributed by atoms with Crippen LogP contribution in [0, 0.1) is 0 Å². The number of carbonyl (C=O) groups is 2. The van der Waals surface area contributed by atoms with Crippen LogP contribution >= 0.6 is 12.6 Å². The van der Waals surface area contributed by atoms with E-state index in [-0.39, 0.29) is 4.90 Å². The van der Waals surface area contributed by atoms with Crippen LogP contribution in [0.5, 0.6) is 11.5 Å². The SMILES string of the molecule is O=C(O)CC(NC1OC1C(CCS)NS(=O)(=O)c1ccc2c(c1)OCCO2)C(=O)O. The quantitative estimate of drug-likeness (QED) is 0.217. The highest BCUT2D eigenvalue weighted by atomic mass is 32.2. The van der Waals surface area contributed by atoms with Gasteiger partial charge in [0.25, 0.3) is 0 Å². The van der Waals surface area contributed by atoms with E-state index >= 15 is 0 Å². The average molecular weight is 463 g/mol. The van der Waals surface area contributed by atoms with Gasteiger partial charge in [0, 0.05) is 6.07 Å². The summed E-state index contributed by atoms with van der Waals surface area (Å²) in [7, 11) is -3.95. The molecule has 4 N–H and O–H groups in total. The van der Waals surface area contributed by atoms with E-state index in [0.717, 1.165) is 0 Å². The number of fused-ring (bicyclic) bond motifs is 1. The lowest BCUT2D eigenvalue weighted by Gasteiger charge is -2.20. The van der Waals surface area contributed by atoms with E-state index in [1.807, 2.05) is 0 Å². The maximum Gasteiger partial charge on any atom is 0.321 e. The second kappa shape index (κ2) is 9.39. The number of thiol groups is 1. The molecule has 1 aromatic carbocycles. The topological polar surface area (TPSA) is 164 Å². The van der Waals surface area contributed by atoms with Crippen LogP contribution < -0.4 is 19.5 Å². The number of carboxylic acid groups (broad SMARTS) is 2. The summed E-state index contributed by atoms with van der Waals surface area (Å²) in [5.41, 5.74) is 0. The number of rotatable bonds is 11. The van der Waals surface area contributed by atoms with Crippen molar-refractivity contribution in [1.29, 1.82) is 0 Å². The molecule has 0 radical (unpaired) electrons. The monoisotopic (exact) mass is 462 g/mol. The molecule has 0 spiro atoms. The van der Waals surface area contributed by atoms with Gasteiger partial charge in [-0.2, -0.15) is 12.6 Å². The molecule has 0 bridgehead atoms. The van der Waals surface area contributed by atoms with Crippen LogP contribution in [0.3, 0.4) is 0 Å². The Kier molecular flexibility index (Phi) is 7.08. The molecule has 0 aromatic heterocycles. The zero-order valence-electron chi connectivity index (χ0n) is 15.7. The minimum atomic E-state index is -3.95. The molecule has 13 heteroatoms. The van der Waals surface area contributed by atoms with Crippen LogP contribution in [0.15, 0.2) is 23.1 Å². The van der Waals surface area contributed by atoms with Gasteiger partial charge in [-0.3, -0.25) is 14.9 Å². The fourth-order valence-corrected chi connectivity index (χ4v) is 4.62. The number of epoxide rings is 1. The molecule has 1 saturated heterocycles. The number of carboxylic acids is 2. The second-order valence-corrected chi connectivity index (χ2v) is 8.88. The van der Waals surface area contributed by atoms with E-state index in [0.29, 0.717) is 36.9 Å². The molecule has 0 amide bonds. The van der Waals surface area contributed by atoms with Crippen molar-refractivity contribution < 1.29 is 42.4 Å². The van der Waals surface area contributed by atoms with E-state index in [4.69, 9.17) is 24.4 Å². The summed E-state index contributed by atoms with van der Waals surface area (Å²) in [6.45, 7) is 0.699. The van der Waals surface area contributed by atoms with E-state index in [9.17, 15) is 18.0 Å². The molecule has 11 nitrogen and oxygen atoms in total. The van der Waals surface area contributed by atoms with Gasteiger partial charge in [-0.1, -0.05) is 0 Å². The largest absolute Gasteiger partial charge is 0.486 e. The number of sulfonamides is 1. The molecule has 166 valence electrons. The molecule has 3 rings (SSSR count). The molecule has 4 unspecified atom stereocenters. The number of nitrogens with one attached hydrogen (secondary N) is 2. The number of aliphatic carboxylic acids is 2. The fraction of sp³-hybridized carbons (Fsp3) is 0.529. The van der Waals surface area contributed by atoms with Gasteiger partial charge in [0.15, 0.2) is 11.5 Å². The second-order valence-electron chi connectivity index (χ2n) is 6.72. The molecular weight excluding hydrogens is 440 g/mol. The van der Waals surface area contributed by atoms with Crippen molar-refractivity contribution in [3.63, 3.8) is 0 Å².